The van der Waals surface area contributed by atoms with Gasteiger partial charge in [-0.05, 0) is 30.3 Å². The Labute approximate surface area is 130 Å². The Bertz CT molecular complexity index is 680. The van der Waals surface area contributed by atoms with Crippen LogP contribution in [0.15, 0.2) is 42.5 Å². The third-order valence-corrected chi connectivity index (χ3v) is 2.94. The molecule has 6 nitrogen and oxygen atoms in total. The van der Waals surface area contributed by atoms with Crippen molar-refractivity contribution in [2.75, 3.05) is 18.5 Å². The topological polar surface area (TPSA) is 84.6 Å². The molecule has 0 aliphatic heterocycles. The van der Waals surface area contributed by atoms with E-state index in [0.717, 1.165) is 18.2 Å². The highest BCUT2D eigenvalue weighted by molar-refractivity contribution is 5.61. The molecule has 2 aromatic rings. The Balaban J connectivity index is 1.89. The van der Waals surface area contributed by atoms with Crippen LogP contribution in [0.2, 0.25) is 0 Å². The molecule has 0 aromatic heterocycles. The van der Waals surface area contributed by atoms with Gasteiger partial charge < -0.3 is 15.2 Å². The van der Waals surface area contributed by atoms with Gasteiger partial charge in [0.25, 0.3) is 5.69 Å². The number of rotatable bonds is 7. The highest BCUT2D eigenvalue weighted by Gasteiger charge is 2.15. The average molecular weight is 324 g/mol. The number of ether oxygens (including phenoxy) is 1. The van der Waals surface area contributed by atoms with Crippen molar-refractivity contribution in [3.05, 3.63) is 64.2 Å². The molecule has 0 amide bonds. The van der Waals surface area contributed by atoms with Crippen molar-refractivity contribution in [1.82, 2.24) is 0 Å². The lowest BCUT2D eigenvalue weighted by Gasteiger charge is -2.14. The molecule has 0 saturated heterocycles. The highest BCUT2D eigenvalue weighted by Crippen LogP contribution is 2.24. The van der Waals surface area contributed by atoms with Gasteiger partial charge >= 0.3 is 0 Å². The fourth-order valence-corrected chi connectivity index (χ4v) is 1.82. The van der Waals surface area contributed by atoms with Crippen LogP contribution in [-0.4, -0.2) is 29.3 Å². The van der Waals surface area contributed by atoms with Crippen molar-refractivity contribution in [2.24, 2.45) is 0 Å². The van der Waals surface area contributed by atoms with Crippen molar-refractivity contribution in [1.29, 1.82) is 0 Å². The van der Waals surface area contributed by atoms with E-state index in [1.807, 2.05) is 0 Å². The van der Waals surface area contributed by atoms with Gasteiger partial charge in [-0.25, -0.2) is 8.78 Å². The number of hydrogen-bond donors (Lipinski definition) is 2. The fourth-order valence-electron chi connectivity index (χ4n) is 1.82. The van der Waals surface area contributed by atoms with Gasteiger partial charge in [0.2, 0.25) is 0 Å². The molecule has 0 spiro atoms. The predicted molar refractivity (Wildman–Crippen MR) is 79.4 cm³/mol. The molecule has 1 unspecified atom stereocenters. The molecular weight excluding hydrogens is 310 g/mol. The standard InChI is InChI=1S/C15H14F2N2O4/c16-10-1-4-13(5-2-10)23-9-12(20)8-18-14-7-11(17)3-6-15(14)19(21)22/h1-7,12,18,20H,8-9H2. The van der Waals surface area contributed by atoms with Crippen LogP contribution in [-0.2, 0) is 0 Å². The Morgan fingerprint density at radius 1 is 1.17 bits per heavy atom. The quantitative estimate of drug-likeness (QED) is 0.604. The van der Waals surface area contributed by atoms with Crippen LogP contribution in [0.1, 0.15) is 0 Å². The van der Waals surface area contributed by atoms with E-state index in [2.05, 4.69) is 5.32 Å². The number of halogens is 2. The summed E-state index contributed by atoms with van der Waals surface area (Å²) in [6.45, 7) is -0.187. The molecule has 0 bridgehead atoms. The van der Waals surface area contributed by atoms with E-state index in [0.29, 0.717) is 5.75 Å². The molecule has 2 N–H and O–H groups in total. The molecule has 8 heteroatoms. The second kappa shape index (κ2) is 7.50. The number of nitrogens with zero attached hydrogens (tertiary/aromatic N) is 1. The second-order valence-corrected chi connectivity index (χ2v) is 4.72. The third kappa shape index (κ3) is 4.89. The van der Waals surface area contributed by atoms with Crippen LogP contribution in [0.25, 0.3) is 0 Å². The zero-order chi connectivity index (χ0) is 16.8. The molecular formula is C15H14F2N2O4. The summed E-state index contributed by atoms with van der Waals surface area (Å²) in [6.07, 6.45) is -0.997. The number of hydrogen-bond acceptors (Lipinski definition) is 5. The van der Waals surface area contributed by atoms with Crippen LogP contribution in [0.5, 0.6) is 5.75 Å². The lowest BCUT2D eigenvalue weighted by Crippen LogP contribution is -2.26. The monoisotopic (exact) mass is 324 g/mol. The SMILES string of the molecule is O=[N+]([O-])c1ccc(F)cc1NCC(O)COc1ccc(F)cc1. The van der Waals surface area contributed by atoms with Gasteiger partial charge in [-0.3, -0.25) is 10.1 Å². The van der Waals surface area contributed by atoms with Crippen LogP contribution in [0.3, 0.4) is 0 Å². The van der Waals surface area contributed by atoms with E-state index in [1.165, 1.54) is 24.3 Å². The van der Waals surface area contributed by atoms with Crippen LogP contribution < -0.4 is 10.1 Å². The summed E-state index contributed by atoms with van der Waals surface area (Å²) in [4.78, 5) is 10.2. The molecule has 0 aliphatic carbocycles. The first-order valence-corrected chi connectivity index (χ1v) is 6.70. The van der Waals surface area contributed by atoms with Crippen molar-refractivity contribution >= 4 is 11.4 Å². The van der Waals surface area contributed by atoms with Crippen molar-refractivity contribution in [3.63, 3.8) is 0 Å². The first kappa shape index (κ1) is 16.6. The molecule has 0 aliphatic rings. The maximum atomic E-state index is 13.2. The normalized spacial score (nSPS) is 11.8. The third-order valence-electron chi connectivity index (χ3n) is 2.94. The number of nitrogens with one attached hydrogen (secondary N) is 1. The molecule has 0 fully saturated rings. The molecule has 0 saturated carbocycles. The highest BCUT2D eigenvalue weighted by atomic mass is 19.1. The number of aliphatic hydroxyl groups is 1. The maximum absolute atomic E-state index is 13.2. The minimum Gasteiger partial charge on any atom is -0.491 e. The Kier molecular flexibility index (Phi) is 5.42. The van der Waals surface area contributed by atoms with Crippen molar-refractivity contribution < 1.29 is 23.5 Å². The first-order chi connectivity index (χ1) is 11.0. The molecule has 0 heterocycles. The largest absolute Gasteiger partial charge is 0.491 e. The molecule has 2 rings (SSSR count). The summed E-state index contributed by atoms with van der Waals surface area (Å²) < 4.78 is 31.1. The number of aliphatic hydroxyl groups excluding tert-OH is 1. The van der Waals surface area contributed by atoms with Crippen LogP contribution >= 0.6 is 0 Å². The van der Waals surface area contributed by atoms with E-state index in [-0.39, 0.29) is 24.5 Å². The van der Waals surface area contributed by atoms with Crippen LogP contribution in [0.4, 0.5) is 20.2 Å². The predicted octanol–water partition coefficient (Wildman–Crippen LogP) is 2.72. The summed E-state index contributed by atoms with van der Waals surface area (Å²) in [6, 6.07) is 8.26. The fraction of sp³-hybridized carbons (Fsp3) is 0.200. The summed E-state index contributed by atoms with van der Waals surface area (Å²) >= 11 is 0. The first-order valence-electron chi connectivity index (χ1n) is 6.70. The minimum atomic E-state index is -0.997. The zero-order valence-corrected chi connectivity index (χ0v) is 11.9. The minimum absolute atomic E-state index is 0.0316. The van der Waals surface area contributed by atoms with Gasteiger partial charge in [-0.15, -0.1) is 0 Å². The van der Waals surface area contributed by atoms with Crippen molar-refractivity contribution in [3.8, 4) is 5.75 Å². The van der Waals surface area contributed by atoms with E-state index in [4.69, 9.17) is 4.74 Å². The lowest BCUT2D eigenvalue weighted by molar-refractivity contribution is -0.384. The number of benzene rings is 2. The maximum Gasteiger partial charge on any atom is 0.292 e. The van der Waals surface area contributed by atoms with Gasteiger partial charge in [-0.2, -0.15) is 0 Å². The molecule has 23 heavy (non-hydrogen) atoms. The van der Waals surface area contributed by atoms with Gasteiger partial charge in [0.05, 0.1) is 4.92 Å². The van der Waals surface area contributed by atoms with E-state index in [1.54, 1.807) is 0 Å². The van der Waals surface area contributed by atoms with Gasteiger partial charge in [0, 0.05) is 18.7 Å². The summed E-state index contributed by atoms with van der Waals surface area (Å²) in [5.74, 6) is -0.657. The molecule has 0 radical (unpaired) electrons. The Morgan fingerprint density at radius 2 is 1.83 bits per heavy atom. The zero-order valence-electron chi connectivity index (χ0n) is 11.9. The number of anilines is 1. The molecule has 122 valence electrons. The van der Waals surface area contributed by atoms with E-state index >= 15 is 0 Å². The van der Waals surface area contributed by atoms with Crippen LogP contribution in [0, 0.1) is 21.7 Å². The lowest BCUT2D eigenvalue weighted by atomic mass is 10.2. The summed E-state index contributed by atoms with van der Waals surface area (Å²) in [5, 5.41) is 23.3. The van der Waals surface area contributed by atoms with Crippen molar-refractivity contribution in [2.45, 2.75) is 6.10 Å². The van der Waals surface area contributed by atoms with Gasteiger partial charge in [0.15, 0.2) is 0 Å². The van der Waals surface area contributed by atoms with Gasteiger partial charge in [-0.1, -0.05) is 0 Å². The molecule has 1 atom stereocenters. The number of nitro benzene ring substituents is 1. The van der Waals surface area contributed by atoms with Gasteiger partial charge in [0.1, 0.15) is 35.8 Å². The number of nitro groups is 1. The van der Waals surface area contributed by atoms with E-state index < -0.39 is 22.7 Å². The Hall–Kier alpha value is -2.74. The average Bonchev–Trinajstić information content (AvgIpc) is 2.52. The smallest absolute Gasteiger partial charge is 0.292 e. The summed E-state index contributed by atoms with van der Waals surface area (Å²) in [5.41, 5.74) is -0.325. The molecule has 2 aromatic carbocycles. The second-order valence-electron chi connectivity index (χ2n) is 4.72. The Morgan fingerprint density at radius 3 is 2.48 bits per heavy atom. The summed E-state index contributed by atoms with van der Waals surface area (Å²) in [7, 11) is 0. The van der Waals surface area contributed by atoms with E-state index in [9.17, 15) is 24.0 Å².